The van der Waals surface area contributed by atoms with Gasteiger partial charge in [0.25, 0.3) is 5.91 Å². The number of benzene rings is 1. The van der Waals surface area contributed by atoms with Gasteiger partial charge in [-0.25, -0.2) is 0 Å². The van der Waals surface area contributed by atoms with Crippen molar-refractivity contribution in [2.75, 3.05) is 25.5 Å². The van der Waals surface area contributed by atoms with Crippen molar-refractivity contribution in [3.8, 4) is 0 Å². The molecule has 21 heavy (non-hydrogen) atoms. The minimum Gasteiger partial charge on any atom is -0.409 e. The van der Waals surface area contributed by atoms with E-state index >= 15 is 0 Å². The molecule has 1 aliphatic rings. The maximum Gasteiger partial charge on any atom is 0.254 e. The van der Waals surface area contributed by atoms with Crippen molar-refractivity contribution in [1.82, 2.24) is 4.90 Å². The number of carbonyl (C=O) groups is 1. The van der Waals surface area contributed by atoms with Gasteiger partial charge in [-0.2, -0.15) is 0 Å². The SMILES string of the molecule is CN(C)c1cccc(C(=O)N2CCCCC2C(N)=NO)c1. The van der Waals surface area contributed by atoms with Crippen LogP contribution in [-0.4, -0.2) is 48.5 Å². The fourth-order valence-corrected chi connectivity index (χ4v) is 2.63. The molecule has 0 bridgehead atoms. The maximum absolute atomic E-state index is 12.7. The molecule has 1 atom stereocenters. The van der Waals surface area contributed by atoms with Crippen LogP contribution in [0.1, 0.15) is 29.6 Å². The first kappa shape index (κ1) is 15.2. The summed E-state index contributed by atoms with van der Waals surface area (Å²) in [4.78, 5) is 16.4. The number of amides is 1. The molecular weight excluding hydrogens is 268 g/mol. The Hall–Kier alpha value is -2.24. The Morgan fingerprint density at radius 3 is 2.86 bits per heavy atom. The molecule has 1 aliphatic heterocycles. The van der Waals surface area contributed by atoms with Gasteiger partial charge in [0.2, 0.25) is 0 Å². The molecule has 1 saturated heterocycles. The molecule has 0 saturated carbocycles. The predicted molar refractivity (Wildman–Crippen MR) is 82.9 cm³/mol. The fraction of sp³-hybridized carbons (Fsp3) is 0.467. The number of carbonyl (C=O) groups excluding carboxylic acids is 1. The van der Waals surface area contributed by atoms with Gasteiger partial charge in [-0.1, -0.05) is 11.2 Å². The molecular formula is C15H22N4O2. The van der Waals surface area contributed by atoms with Crippen LogP contribution in [0.15, 0.2) is 29.4 Å². The molecule has 1 amide bonds. The summed E-state index contributed by atoms with van der Waals surface area (Å²) in [5, 5.41) is 12.0. The summed E-state index contributed by atoms with van der Waals surface area (Å²) in [6.07, 6.45) is 2.64. The number of nitrogens with zero attached hydrogens (tertiary/aromatic N) is 3. The summed E-state index contributed by atoms with van der Waals surface area (Å²) in [5.74, 6) is 0.0295. The van der Waals surface area contributed by atoms with Gasteiger partial charge in [-0.3, -0.25) is 4.79 Å². The maximum atomic E-state index is 12.7. The third kappa shape index (κ3) is 3.26. The quantitative estimate of drug-likeness (QED) is 0.382. The van der Waals surface area contributed by atoms with Crippen molar-refractivity contribution in [3.05, 3.63) is 29.8 Å². The summed E-state index contributed by atoms with van der Waals surface area (Å²) < 4.78 is 0. The van der Waals surface area contributed by atoms with Crippen molar-refractivity contribution >= 4 is 17.4 Å². The lowest BCUT2D eigenvalue weighted by Crippen LogP contribution is -2.50. The lowest BCUT2D eigenvalue weighted by atomic mass is 10.00. The van der Waals surface area contributed by atoms with Crippen LogP contribution in [0, 0.1) is 0 Å². The van der Waals surface area contributed by atoms with Crippen molar-refractivity contribution in [1.29, 1.82) is 0 Å². The number of nitrogens with two attached hydrogens (primary N) is 1. The highest BCUT2D eigenvalue weighted by Gasteiger charge is 2.30. The van der Waals surface area contributed by atoms with Crippen LogP contribution in [0.2, 0.25) is 0 Å². The second-order valence-corrected chi connectivity index (χ2v) is 5.48. The zero-order chi connectivity index (χ0) is 15.4. The minimum atomic E-state index is -0.320. The monoisotopic (exact) mass is 290 g/mol. The first-order chi connectivity index (χ1) is 10.0. The minimum absolute atomic E-state index is 0.0741. The van der Waals surface area contributed by atoms with Gasteiger partial charge >= 0.3 is 0 Å². The van der Waals surface area contributed by atoms with Crippen LogP contribution in [0.3, 0.4) is 0 Å². The van der Waals surface area contributed by atoms with Gasteiger partial charge in [0.05, 0.1) is 6.04 Å². The van der Waals surface area contributed by atoms with E-state index in [2.05, 4.69) is 5.16 Å². The second-order valence-electron chi connectivity index (χ2n) is 5.48. The number of amidine groups is 1. The van der Waals surface area contributed by atoms with Crippen LogP contribution >= 0.6 is 0 Å². The molecule has 2 rings (SSSR count). The lowest BCUT2D eigenvalue weighted by Gasteiger charge is -2.35. The summed E-state index contributed by atoms with van der Waals surface area (Å²) in [5.41, 5.74) is 7.32. The topological polar surface area (TPSA) is 82.2 Å². The molecule has 6 heteroatoms. The van der Waals surface area contributed by atoms with E-state index in [-0.39, 0.29) is 17.8 Å². The fourth-order valence-electron chi connectivity index (χ4n) is 2.63. The molecule has 114 valence electrons. The third-order valence-electron chi connectivity index (χ3n) is 3.83. The Labute approximate surface area is 124 Å². The van der Waals surface area contributed by atoms with Crippen LogP contribution in [-0.2, 0) is 0 Å². The van der Waals surface area contributed by atoms with Gasteiger partial charge in [0, 0.05) is 31.9 Å². The number of anilines is 1. The van der Waals surface area contributed by atoms with E-state index < -0.39 is 0 Å². The first-order valence-corrected chi connectivity index (χ1v) is 7.10. The summed E-state index contributed by atoms with van der Waals surface area (Å²) in [6.45, 7) is 0.631. The molecule has 1 unspecified atom stereocenters. The summed E-state index contributed by atoms with van der Waals surface area (Å²) >= 11 is 0. The van der Waals surface area contributed by atoms with E-state index in [1.165, 1.54) is 0 Å². The van der Waals surface area contributed by atoms with Gasteiger partial charge in [-0.05, 0) is 37.5 Å². The summed E-state index contributed by atoms with van der Waals surface area (Å²) in [6, 6.07) is 7.16. The first-order valence-electron chi connectivity index (χ1n) is 7.10. The molecule has 0 aliphatic carbocycles. The summed E-state index contributed by atoms with van der Waals surface area (Å²) in [7, 11) is 3.87. The molecule has 1 aromatic rings. The number of oxime groups is 1. The average molecular weight is 290 g/mol. The van der Waals surface area contributed by atoms with Gasteiger partial charge in [-0.15, -0.1) is 0 Å². The third-order valence-corrected chi connectivity index (χ3v) is 3.83. The Balaban J connectivity index is 2.26. The van der Waals surface area contributed by atoms with Crippen LogP contribution < -0.4 is 10.6 Å². The van der Waals surface area contributed by atoms with Crippen LogP contribution in [0.4, 0.5) is 5.69 Å². The number of piperidine rings is 1. The van der Waals surface area contributed by atoms with E-state index in [9.17, 15) is 4.79 Å². The molecule has 0 radical (unpaired) electrons. The number of hydrogen-bond acceptors (Lipinski definition) is 4. The van der Waals surface area contributed by atoms with Crippen LogP contribution in [0.25, 0.3) is 0 Å². The van der Waals surface area contributed by atoms with Gasteiger partial charge in [0.15, 0.2) is 5.84 Å². The number of rotatable bonds is 3. The van der Waals surface area contributed by atoms with E-state index in [0.717, 1.165) is 24.9 Å². The van der Waals surface area contributed by atoms with Gasteiger partial charge < -0.3 is 20.7 Å². The van der Waals surface area contributed by atoms with Crippen molar-refractivity contribution in [2.45, 2.75) is 25.3 Å². The normalized spacial score (nSPS) is 19.4. The number of hydrogen-bond donors (Lipinski definition) is 2. The Bertz CT molecular complexity index is 542. The highest BCUT2D eigenvalue weighted by atomic mass is 16.4. The highest BCUT2D eigenvalue weighted by molar-refractivity contribution is 5.99. The molecule has 0 spiro atoms. The Kier molecular flexibility index (Phi) is 4.67. The zero-order valence-electron chi connectivity index (χ0n) is 12.5. The van der Waals surface area contributed by atoms with Crippen molar-refractivity contribution in [3.63, 3.8) is 0 Å². The molecule has 0 aromatic heterocycles. The van der Waals surface area contributed by atoms with E-state index in [0.29, 0.717) is 12.1 Å². The molecule has 1 aromatic carbocycles. The van der Waals surface area contributed by atoms with Crippen molar-refractivity contribution in [2.24, 2.45) is 10.9 Å². The molecule has 1 fully saturated rings. The standard InChI is InChI=1S/C15H22N4O2/c1-18(2)12-7-5-6-11(10-12)15(20)19-9-4-3-8-13(19)14(16)17-21/h5-7,10,13,21H,3-4,8-9H2,1-2H3,(H2,16,17). The smallest absolute Gasteiger partial charge is 0.254 e. The second kappa shape index (κ2) is 6.47. The van der Waals surface area contributed by atoms with Gasteiger partial charge in [0.1, 0.15) is 0 Å². The molecule has 1 heterocycles. The van der Waals surface area contributed by atoms with Crippen LogP contribution in [0.5, 0.6) is 0 Å². The van der Waals surface area contributed by atoms with E-state index in [1.54, 1.807) is 11.0 Å². The lowest BCUT2D eigenvalue weighted by molar-refractivity contribution is 0.0676. The zero-order valence-corrected chi connectivity index (χ0v) is 12.5. The highest BCUT2D eigenvalue weighted by Crippen LogP contribution is 2.22. The molecule has 3 N–H and O–H groups in total. The average Bonchev–Trinajstić information content (AvgIpc) is 2.53. The Morgan fingerprint density at radius 1 is 1.43 bits per heavy atom. The number of likely N-dealkylation sites (tertiary alicyclic amines) is 1. The van der Waals surface area contributed by atoms with E-state index in [1.807, 2.05) is 37.2 Å². The van der Waals surface area contributed by atoms with Crippen molar-refractivity contribution < 1.29 is 10.0 Å². The largest absolute Gasteiger partial charge is 0.409 e. The van der Waals surface area contributed by atoms with E-state index in [4.69, 9.17) is 10.9 Å². The predicted octanol–water partition coefficient (Wildman–Crippen LogP) is 1.49. The Morgan fingerprint density at radius 2 is 2.19 bits per heavy atom. The molecule has 6 nitrogen and oxygen atoms in total.